The first-order chi connectivity index (χ1) is 15.9. The van der Waals surface area contributed by atoms with E-state index in [1.165, 1.54) is 0 Å². The molecular weight excluding hydrogens is 436 g/mol. The maximum absolute atomic E-state index is 13.0. The van der Waals surface area contributed by atoms with E-state index in [1.54, 1.807) is 12.4 Å². The number of carbonyl (C=O) groups is 1. The highest BCUT2D eigenvalue weighted by molar-refractivity contribution is 7.91. The molecule has 0 spiro atoms. The Bertz CT molecular complexity index is 1120. The van der Waals surface area contributed by atoms with Crippen molar-refractivity contribution in [2.75, 3.05) is 16.8 Å². The van der Waals surface area contributed by atoms with Crippen molar-refractivity contribution in [2.24, 2.45) is 11.3 Å². The number of nitrogens with one attached hydrogen (secondary N) is 2. The molecule has 2 aliphatic rings. The predicted octanol–water partition coefficient (Wildman–Crippen LogP) is 3.52. The highest BCUT2D eigenvalue weighted by atomic mass is 32.2. The van der Waals surface area contributed by atoms with Crippen LogP contribution in [0.3, 0.4) is 0 Å². The largest absolute Gasteiger partial charge is 0.616 e. The van der Waals surface area contributed by atoms with E-state index in [9.17, 15) is 9.35 Å². The molecule has 0 radical (unpaired) electrons. The molecule has 5 rings (SSSR count). The smallest absolute Gasteiger partial charge is 0.276 e. The standard InChI is InChI=1S/C24H30N6O2S/c1-24(2)8-5-19-20(12-24)28-29-21(19)23(31)27-18-14-26-30(15-18)22(17-4-3-9-25-13-17)16-6-10-33(32)11-7-16/h3-4,9,13-16,22H,5-8,10-12H2,1-2H3,(H,27,31)(H,28,29). The second kappa shape index (κ2) is 8.95. The Labute approximate surface area is 196 Å². The number of hydrogen-bond acceptors (Lipinski definition) is 5. The molecule has 3 aromatic rings. The molecule has 4 heterocycles. The number of aromatic nitrogens is 5. The summed E-state index contributed by atoms with van der Waals surface area (Å²) >= 11 is -0.729. The van der Waals surface area contributed by atoms with Gasteiger partial charge in [-0.3, -0.25) is 19.6 Å². The lowest BCUT2D eigenvalue weighted by Crippen LogP contribution is -2.30. The molecule has 2 N–H and O–H groups in total. The number of carbonyl (C=O) groups excluding carboxylic acids is 1. The van der Waals surface area contributed by atoms with Gasteiger partial charge >= 0.3 is 0 Å². The highest BCUT2D eigenvalue weighted by Gasteiger charge is 2.33. The van der Waals surface area contributed by atoms with Crippen LogP contribution in [0.5, 0.6) is 0 Å². The van der Waals surface area contributed by atoms with Crippen LogP contribution in [0.15, 0.2) is 36.9 Å². The first-order valence-corrected chi connectivity index (χ1v) is 13.0. The van der Waals surface area contributed by atoms with Crippen molar-refractivity contribution >= 4 is 22.8 Å². The average molecular weight is 467 g/mol. The van der Waals surface area contributed by atoms with Crippen molar-refractivity contribution in [1.29, 1.82) is 0 Å². The number of H-pyrrole nitrogens is 1. The van der Waals surface area contributed by atoms with Gasteiger partial charge in [0.1, 0.15) is 11.5 Å². The Morgan fingerprint density at radius 1 is 1.33 bits per heavy atom. The average Bonchev–Trinajstić information content (AvgIpc) is 3.42. The summed E-state index contributed by atoms with van der Waals surface area (Å²) in [5.41, 5.74) is 4.51. The second-order valence-corrected chi connectivity index (χ2v) is 11.6. The van der Waals surface area contributed by atoms with E-state index in [4.69, 9.17) is 0 Å². The van der Waals surface area contributed by atoms with Gasteiger partial charge in [-0.25, -0.2) is 0 Å². The van der Waals surface area contributed by atoms with E-state index in [0.717, 1.165) is 48.9 Å². The van der Waals surface area contributed by atoms with Gasteiger partial charge < -0.3 is 9.87 Å². The van der Waals surface area contributed by atoms with E-state index in [0.29, 0.717) is 28.8 Å². The van der Waals surface area contributed by atoms with E-state index in [1.807, 2.05) is 23.1 Å². The molecule has 1 aliphatic carbocycles. The molecule has 1 saturated heterocycles. The third-order valence-electron chi connectivity index (χ3n) is 6.92. The van der Waals surface area contributed by atoms with E-state index < -0.39 is 11.2 Å². The molecule has 9 heteroatoms. The maximum atomic E-state index is 13.0. The minimum atomic E-state index is -0.729. The van der Waals surface area contributed by atoms with Crippen LogP contribution >= 0.6 is 0 Å². The van der Waals surface area contributed by atoms with Gasteiger partial charge in [-0.1, -0.05) is 31.1 Å². The monoisotopic (exact) mass is 466 g/mol. The lowest BCUT2D eigenvalue weighted by Gasteiger charge is -2.31. The van der Waals surface area contributed by atoms with Crippen LogP contribution in [0.25, 0.3) is 0 Å². The molecule has 1 aliphatic heterocycles. The zero-order valence-electron chi connectivity index (χ0n) is 19.1. The molecule has 0 saturated carbocycles. The van der Waals surface area contributed by atoms with Gasteiger partial charge in [0.15, 0.2) is 5.69 Å². The third-order valence-corrected chi connectivity index (χ3v) is 8.31. The van der Waals surface area contributed by atoms with Gasteiger partial charge in [-0.15, -0.1) is 0 Å². The van der Waals surface area contributed by atoms with E-state index >= 15 is 0 Å². The summed E-state index contributed by atoms with van der Waals surface area (Å²) in [6, 6.07) is 3.97. The Morgan fingerprint density at radius 2 is 2.15 bits per heavy atom. The second-order valence-electron chi connectivity index (χ2n) is 9.95. The fraction of sp³-hybridized carbons (Fsp3) is 0.500. The van der Waals surface area contributed by atoms with Crippen LogP contribution in [0, 0.1) is 11.3 Å². The van der Waals surface area contributed by atoms with Gasteiger partial charge in [0.2, 0.25) is 0 Å². The van der Waals surface area contributed by atoms with Crippen LogP contribution < -0.4 is 5.32 Å². The predicted molar refractivity (Wildman–Crippen MR) is 128 cm³/mol. The molecule has 1 amide bonds. The summed E-state index contributed by atoms with van der Waals surface area (Å²) < 4.78 is 13.8. The first-order valence-electron chi connectivity index (χ1n) is 11.6. The van der Waals surface area contributed by atoms with Crippen LogP contribution in [-0.2, 0) is 24.0 Å². The van der Waals surface area contributed by atoms with E-state index in [2.05, 4.69) is 45.5 Å². The fourth-order valence-electron chi connectivity index (χ4n) is 5.10. The summed E-state index contributed by atoms with van der Waals surface area (Å²) in [7, 11) is 0. The number of hydrogen-bond donors (Lipinski definition) is 2. The van der Waals surface area contributed by atoms with Crippen molar-refractivity contribution in [1.82, 2.24) is 25.0 Å². The van der Waals surface area contributed by atoms with Crippen molar-refractivity contribution in [3.8, 4) is 0 Å². The minimum absolute atomic E-state index is 0.0120. The number of anilines is 1. The molecule has 33 heavy (non-hydrogen) atoms. The lowest BCUT2D eigenvalue weighted by atomic mass is 9.76. The number of nitrogens with zero attached hydrogens (tertiary/aromatic N) is 4. The number of pyridine rings is 1. The number of aromatic amines is 1. The van der Waals surface area contributed by atoms with Crippen LogP contribution in [0.2, 0.25) is 0 Å². The number of fused-ring (bicyclic) bond motifs is 1. The van der Waals surface area contributed by atoms with Gasteiger partial charge in [0.05, 0.1) is 17.9 Å². The van der Waals surface area contributed by atoms with Crippen molar-refractivity contribution in [3.05, 3.63) is 59.4 Å². The molecular formula is C24H30N6O2S. The van der Waals surface area contributed by atoms with E-state index in [-0.39, 0.29) is 17.4 Å². The van der Waals surface area contributed by atoms with Gasteiger partial charge in [-0.2, -0.15) is 10.2 Å². The van der Waals surface area contributed by atoms with Crippen molar-refractivity contribution in [3.63, 3.8) is 0 Å². The molecule has 8 nitrogen and oxygen atoms in total. The lowest BCUT2D eigenvalue weighted by molar-refractivity contribution is 0.102. The number of rotatable bonds is 5. The first kappa shape index (κ1) is 22.2. The Kier molecular flexibility index (Phi) is 6.01. The Balaban J connectivity index is 1.35. The van der Waals surface area contributed by atoms with Gasteiger partial charge in [0, 0.05) is 29.8 Å². The topological polar surface area (TPSA) is 112 Å². The minimum Gasteiger partial charge on any atom is -0.616 e. The molecule has 1 atom stereocenters. The Morgan fingerprint density at radius 3 is 2.91 bits per heavy atom. The molecule has 1 unspecified atom stereocenters. The van der Waals surface area contributed by atoms with Crippen molar-refractivity contribution in [2.45, 2.75) is 52.0 Å². The van der Waals surface area contributed by atoms with Crippen LogP contribution in [0.4, 0.5) is 5.69 Å². The SMILES string of the molecule is CC1(C)CCc2c(C(=O)Nc3cnn(C(c4cccnc4)C4CC[S+]([O-])CC4)c3)n[nH]c2C1. The van der Waals surface area contributed by atoms with Crippen LogP contribution in [-0.4, -0.2) is 46.9 Å². The fourth-order valence-corrected chi connectivity index (χ4v) is 6.43. The van der Waals surface area contributed by atoms with Gasteiger partial charge in [0.25, 0.3) is 5.91 Å². The summed E-state index contributed by atoms with van der Waals surface area (Å²) in [6.07, 6.45) is 11.7. The Hall–Kier alpha value is -2.65. The molecule has 1 fully saturated rings. The zero-order chi connectivity index (χ0) is 23.0. The summed E-state index contributed by atoms with van der Waals surface area (Å²) in [5.74, 6) is 1.54. The summed E-state index contributed by atoms with van der Waals surface area (Å²) in [5, 5.41) is 15.0. The van der Waals surface area contributed by atoms with Gasteiger partial charge in [-0.05, 0) is 55.1 Å². The molecule has 174 valence electrons. The van der Waals surface area contributed by atoms with Crippen LogP contribution in [0.1, 0.15) is 66.5 Å². The molecule has 3 aromatic heterocycles. The quantitative estimate of drug-likeness (QED) is 0.559. The zero-order valence-corrected chi connectivity index (χ0v) is 19.9. The summed E-state index contributed by atoms with van der Waals surface area (Å²) in [6.45, 7) is 4.49. The third kappa shape index (κ3) is 4.70. The normalized spacial score (nSPS) is 23.0. The molecule has 0 bridgehead atoms. The summed E-state index contributed by atoms with van der Waals surface area (Å²) in [4.78, 5) is 17.3. The maximum Gasteiger partial charge on any atom is 0.276 e. The highest BCUT2D eigenvalue weighted by Crippen LogP contribution is 2.36. The number of amides is 1. The molecule has 0 aromatic carbocycles. The van der Waals surface area contributed by atoms with Crippen molar-refractivity contribution < 1.29 is 9.35 Å².